The number of nitro benzene ring substituents is 1. The molecule has 0 bridgehead atoms. The summed E-state index contributed by atoms with van der Waals surface area (Å²) in [5, 5.41) is 35.5. The van der Waals surface area contributed by atoms with E-state index in [4.69, 9.17) is 5.11 Å². The Morgan fingerprint density at radius 3 is 2.56 bits per heavy atom. The van der Waals surface area contributed by atoms with E-state index in [-0.39, 0.29) is 22.8 Å². The van der Waals surface area contributed by atoms with Crippen molar-refractivity contribution < 1.29 is 19.6 Å². The smallest absolute Gasteiger partial charge is 0.328 e. The molecule has 2 aromatic carbocycles. The van der Waals surface area contributed by atoms with Gasteiger partial charge in [-0.15, -0.1) is 0 Å². The summed E-state index contributed by atoms with van der Waals surface area (Å²) in [6.07, 6.45) is 3.36. The zero-order valence-corrected chi connectivity index (χ0v) is 18.4. The molecule has 0 saturated heterocycles. The van der Waals surface area contributed by atoms with Gasteiger partial charge in [-0.2, -0.15) is 5.26 Å². The lowest BCUT2D eigenvalue weighted by molar-refractivity contribution is -0.384. The van der Waals surface area contributed by atoms with Crippen molar-refractivity contribution in [2.45, 2.75) is 5.16 Å². The van der Waals surface area contributed by atoms with Crippen LogP contribution >= 0.6 is 11.8 Å². The molecule has 0 unspecified atom stereocenters. The zero-order valence-electron chi connectivity index (χ0n) is 17.6. The second-order valence-corrected chi connectivity index (χ2v) is 7.34. The topological polar surface area (TPSA) is 171 Å². The van der Waals surface area contributed by atoms with Crippen LogP contribution in [0, 0.1) is 21.4 Å². The monoisotopic (exact) mass is 476 g/mol. The lowest BCUT2D eigenvalue weighted by Gasteiger charge is -2.13. The van der Waals surface area contributed by atoms with Crippen LogP contribution in [0.4, 0.5) is 22.9 Å². The first kappa shape index (κ1) is 23.9. The van der Waals surface area contributed by atoms with Crippen molar-refractivity contribution in [3.8, 4) is 17.3 Å². The highest BCUT2D eigenvalue weighted by Crippen LogP contribution is 2.32. The molecule has 1 amide bonds. The number of nitrogens with zero attached hydrogens (tertiary/aromatic N) is 4. The Morgan fingerprint density at radius 2 is 1.88 bits per heavy atom. The van der Waals surface area contributed by atoms with E-state index in [1.165, 1.54) is 30.0 Å². The van der Waals surface area contributed by atoms with Crippen molar-refractivity contribution in [3.05, 3.63) is 76.4 Å². The Bertz CT molecular complexity index is 1350. The predicted molar refractivity (Wildman–Crippen MR) is 126 cm³/mol. The average molecular weight is 476 g/mol. The van der Waals surface area contributed by atoms with Crippen LogP contribution < -0.4 is 10.6 Å². The molecule has 0 aliphatic carbocycles. The normalized spacial score (nSPS) is 10.5. The molecule has 34 heavy (non-hydrogen) atoms. The molecule has 0 spiro atoms. The summed E-state index contributed by atoms with van der Waals surface area (Å²) in [6, 6.07) is 14.3. The first-order chi connectivity index (χ1) is 16.3. The van der Waals surface area contributed by atoms with E-state index in [9.17, 15) is 25.0 Å². The number of nitro groups is 1. The number of thioether (sulfide) groups is 1. The van der Waals surface area contributed by atoms with Gasteiger partial charge in [-0.05, 0) is 24.5 Å². The van der Waals surface area contributed by atoms with Crippen molar-refractivity contribution in [2.24, 2.45) is 0 Å². The summed E-state index contributed by atoms with van der Waals surface area (Å²) < 4.78 is 0. The van der Waals surface area contributed by atoms with E-state index >= 15 is 0 Å². The summed E-state index contributed by atoms with van der Waals surface area (Å²) in [7, 11) is 0. The Balaban J connectivity index is 1.98. The molecule has 0 aliphatic rings. The summed E-state index contributed by atoms with van der Waals surface area (Å²) in [6.45, 7) is 0. The summed E-state index contributed by atoms with van der Waals surface area (Å²) in [5.41, 5.74) is 1.42. The van der Waals surface area contributed by atoms with Gasteiger partial charge in [0, 0.05) is 41.2 Å². The highest BCUT2D eigenvalue weighted by atomic mass is 32.2. The number of carbonyl (C=O) groups excluding carboxylic acids is 1. The molecule has 0 aliphatic heterocycles. The minimum Gasteiger partial charge on any atom is -0.478 e. The number of nitrogens with one attached hydrogen (secondary N) is 2. The van der Waals surface area contributed by atoms with Gasteiger partial charge < -0.3 is 15.7 Å². The van der Waals surface area contributed by atoms with Gasteiger partial charge in [-0.1, -0.05) is 30.0 Å². The van der Waals surface area contributed by atoms with E-state index in [1.807, 2.05) is 0 Å². The van der Waals surface area contributed by atoms with Gasteiger partial charge in [0.1, 0.15) is 11.6 Å². The number of aliphatic carboxylic acids is 1. The van der Waals surface area contributed by atoms with Gasteiger partial charge >= 0.3 is 5.97 Å². The van der Waals surface area contributed by atoms with Crippen LogP contribution in [-0.2, 0) is 9.59 Å². The van der Waals surface area contributed by atoms with Gasteiger partial charge in [0.05, 0.1) is 10.6 Å². The lowest BCUT2D eigenvalue weighted by Crippen LogP contribution is -2.09. The number of carbonyl (C=O) groups is 2. The molecule has 12 heteroatoms. The number of anilines is 3. The van der Waals surface area contributed by atoms with Crippen LogP contribution in [0.2, 0.25) is 0 Å². The third kappa shape index (κ3) is 5.93. The number of amides is 1. The van der Waals surface area contributed by atoms with E-state index in [1.54, 1.807) is 36.6 Å². The van der Waals surface area contributed by atoms with Crippen molar-refractivity contribution in [1.82, 2.24) is 9.97 Å². The van der Waals surface area contributed by atoms with Crippen molar-refractivity contribution >= 4 is 46.5 Å². The van der Waals surface area contributed by atoms with Crippen LogP contribution in [0.3, 0.4) is 0 Å². The maximum Gasteiger partial charge on any atom is 0.328 e. The van der Waals surface area contributed by atoms with Crippen molar-refractivity contribution in [3.63, 3.8) is 0 Å². The van der Waals surface area contributed by atoms with E-state index in [0.717, 1.165) is 12.2 Å². The third-order valence-corrected chi connectivity index (χ3v) is 4.83. The molecule has 3 N–H and O–H groups in total. The molecule has 3 aromatic rings. The molecule has 0 fully saturated rings. The predicted octanol–water partition coefficient (Wildman–Crippen LogP) is 3.97. The molecule has 170 valence electrons. The highest BCUT2D eigenvalue weighted by Gasteiger charge is 2.18. The molecular formula is C22H16N6O5S. The second kappa shape index (κ2) is 10.7. The Kier molecular flexibility index (Phi) is 7.52. The molecule has 0 saturated carbocycles. The SMILES string of the molecule is CSc1nc(Nc2cccc(NC(=O)/C=C/C(=O)O)c2)c(C#N)c(-c2cccc([N+](=O)[O-])c2)n1. The van der Waals surface area contributed by atoms with E-state index in [0.29, 0.717) is 22.1 Å². The average Bonchev–Trinajstić information content (AvgIpc) is 2.82. The molecule has 3 rings (SSSR count). The van der Waals surface area contributed by atoms with E-state index < -0.39 is 16.8 Å². The van der Waals surface area contributed by atoms with Gasteiger partial charge in [-0.25, -0.2) is 14.8 Å². The number of carboxylic acid groups (broad SMARTS) is 1. The van der Waals surface area contributed by atoms with Gasteiger partial charge in [0.15, 0.2) is 11.0 Å². The lowest BCUT2D eigenvalue weighted by atomic mass is 10.1. The quantitative estimate of drug-likeness (QED) is 0.142. The minimum absolute atomic E-state index is 0.0807. The largest absolute Gasteiger partial charge is 0.478 e. The number of non-ortho nitro benzene ring substituents is 1. The van der Waals surface area contributed by atoms with Crippen molar-refractivity contribution in [1.29, 1.82) is 5.26 Å². The summed E-state index contributed by atoms with van der Waals surface area (Å²) in [4.78, 5) is 41.8. The number of benzene rings is 2. The van der Waals surface area contributed by atoms with Crippen LogP contribution in [0.15, 0.2) is 65.8 Å². The number of aromatic nitrogens is 2. The van der Waals surface area contributed by atoms with Gasteiger partial charge in [0.25, 0.3) is 5.69 Å². The third-order valence-electron chi connectivity index (χ3n) is 4.28. The molecule has 0 atom stereocenters. The maximum absolute atomic E-state index is 11.9. The van der Waals surface area contributed by atoms with Crippen molar-refractivity contribution in [2.75, 3.05) is 16.9 Å². The van der Waals surface area contributed by atoms with Gasteiger partial charge in [0.2, 0.25) is 5.91 Å². The fraction of sp³-hybridized carbons (Fsp3) is 0.0455. The number of carboxylic acids is 1. The Morgan fingerprint density at radius 1 is 1.15 bits per heavy atom. The highest BCUT2D eigenvalue weighted by molar-refractivity contribution is 7.98. The molecule has 1 heterocycles. The first-order valence-corrected chi connectivity index (χ1v) is 10.7. The number of rotatable bonds is 8. The Hall–Kier alpha value is -4.76. The summed E-state index contributed by atoms with van der Waals surface area (Å²) >= 11 is 1.23. The maximum atomic E-state index is 11.9. The van der Waals surface area contributed by atoms with Crippen LogP contribution in [0.5, 0.6) is 0 Å². The number of hydrogen-bond acceptors (Lipinski definition) is 9. The second-order valence-electron chi connectivity index (χ2n) is 6.57. The molecule has 11 nitrogen and oxygen atoms in total. The van der Waals surface area contributed by atoms with Crippen LogP contribution in [0.25, 0.3) is 11.3 Å². The zero-order chi connectivity index (χ0) is 24.7. The molecular weight excluding hydrogens is 460 g/mol. The van der Waals surface area contributed by atoms with E-state index in [2.05, 4.69) is 26.7 Å². The number of nitriles is 1. The molecule has 1 aromatic heterocycles. The fourth-order valence-electron chi connectivity index (χ4n) is 2.85. The number of hydrogen-bond donors (Lipinski definition) is 3. The Labute approximate surface area is 197 Å². The molecule has 0 radical (unpaired) electrons. The fourth-order valence-corrected chi connectivity index (χ4v) is 3.21. The summed E-state index contributed by atoms with van der Waals surface area (Å²) in [5.74, 6) is -1.70. The van der Waals surface area contributed by atoms with Crippen LogP contribution in [0.1, 0.15) is 5.56 Å². The standard InChI is InChI=1S/C22H16N6O5S/c1-34-22-26-20(13-4-2-7-16(10-13)28(32)33)17(12-23)21(27-22)25-15-6-3-5-14(11-15)24-18(29)8-9-19(30)31/h2-11H,1H3,(H,24,29)(H,30,31)(H,25,26,27)/b9-8+. The van der Waals surface area contributed by atoms with Gasteiger partial charge in [-0.3, -0.25) is 14.9 Å². The first-order valence-electron chi connectivity index (χ1n) is 9.50. The van der Waals surface area contributed by atoms with Crippen LogP contribution in [-0.4, -0.2) is 38.1 Å². The minimum atomic E-state index is -1.25.